The summed E-state index contributed by atoms with van der Waals surface area (Å²) < 4.78 is 0. The van der Waals surface area contributed by atoms with E-state index in [1.165, 1.54) is 31.4 Å². The Morgan fingerprint density at radius 3 is 2.61 bits per heavy atom. The topological polar surface area (TPSA) is 3.24 Å². The molecule has 1 aromatic carbocycles. The fourth-order valence-corrected chi connectivity index (χ4v) is 2.60. The molecule has 0 aromatic heterocycles. The second-order valence-corrected chi connectivity index (χ2v) is 5.36. The molecule has 18 heavy (non-hydrogen) atoms. The zero-order valence-electron chi connectivity index (χ0n) is 10.9. The number of rotatable bonds is 6. The average molecular weight is 264 g/mol. The lowest BCUT2D eigenvalue weighted by atomic mass is 10.0. The fourth-order valence-electron chi connectivity index (χ4n) is 2.41. The largest absolute Gasteiger partial charge is 0.295 e. The van der Waals surface area contributed by atoms with Gasteiger partial charge in [-0.1, -0.05) is 42.0 Å². The van der Waals surface area contributed by atoms with E-state index < -0.39 is 0 Å². The summed E-state index contributed by atoms with van der Waals surface area (Å²) in [5.41, 5.74) is 3.04. The van der Waals surface area contributed by atoms with Crippen molar-refractivity contribution in [1.29, 1.82) is 0 Å². The van der Waals surface area contributed by atoms with E-state index in [-0.39, 0.29) is 0 Å². The van der Waals surface area contributed by atoms with Gasteiger partial charge in [0.1, 0.15) is 0 Å². The molecule has 0 N–H and O–H groups in total. The summed E-state index contributed by atoms with van der Waals surface area (Å²) >= 11 is 5.70. The van der Waals surface area contributed by atoms with Crippen molar-refractivity contribution in [2.75, 3.05) is 19.0 Å². The van der Waals surface area contributed by atoms with E-state index >= 15 is 0 Å². The molecule has 1 aliphatic rings. The molecule has 1 heterocycles. The molecule has 0 bridgehead atoms. The van der Waals surface area contributed by atoms with Gasteiger partial charge in [-0.2, -0.15) is 0 Å². The first-order chi connectivity index (χ1) is 8.88. The van der Waals surface area contributed by atoms with E-state index in [4.69, 9.17) is 11.6 Å². The zero-order valence-corrected chi connectivity index (χ0v) is 11.7. The van der Waals surface area contributed by atoms with Crippen molar-refractivity contribution in [1.82, 2.24) is 4.90 Å². The third-order valence-electron chi connectivity index (χ3n) is 3.52. The van der Waals surface area contributed by atoms with Crippen molar-refractivity contribution >= 4 is 11.6 Å². The maximum absolute atomic E-state index is 5.70. The molecule has 2 rings (SSSR count). The lowest BCUT2D eigenvalue weighted by Crippen LogP contribution is -2.28. The summed E-state index contributed by atoms with van der Waals surface area (Å²) in [6.07, 6.45) is 7.28. The Bertz CT molecular complexity index is 372. The SMILES string of the molecule is ClCCCCC1=CCN(Cc2ccccc2)CC1. The average Bonchev–Trinajstić information content (AvgIpc) is 2.42. The molecular weight excluding hydrogens is 242 g/mol. The molecule has 0 fully saturated rings. The van der Waals surface area contributed by atoms with Gasteiger partial charge in [0.15, 0.2) is 0 Å². The quantitative estimate of drug-likeness (QED) is 0.422. The molecule has 0 spiro atoms. The first kappa shape index (κ1) is 13.6. The number of benzene rings is 1. The second kappa shape index (κ2) is 7.60. The summed E-state index contributed by atoms with van der Waals surface area (Å²) in [5, 5.41) is 0. The Hall–Kier alpha value is -0.790. The molecule has 0 saturated carbocycles. The smallest absolute Gasteiger partial charge is 0.0237 e. The summed E-state index contributed by atoms with van der Waals surface area (Å²) in [4.78, 5) is 2.51. The predicted molar refractivity (Wildman–Crippen MR) is 79.0 cm³/mol. The minimum Gasteiger partial charge on any atom is -0.295 e. The van der Waals surface area contributed by atoms with E-state index in [0.717, 1.165) is 25.4 Å². The van der Waals surface area contributed by atoms with Crippen LogP contribution in [0, 0.1) is 0 Å². The lowest BCUT2D eigenvalue weighted by molar-refractivity contribution is 0.284. The minimum atomic E-state index is 0.799. The summed E-state index contributed by atoms with van der Waals surface area (Å²) in [7, 11) is 0. The molecule has 0 aliphatic carbocycles. The Balaban J connectivity index is 1.75. The van der Waals surface area contributed by atoms with Gasteiger partial charge in [-0.05, 0) is 31.2 Å². The molecule has 0 radical (unpaired) electrons. The number of alkyl halides is 1. The minimum absolute atomic E-state index is 0.799. The Kier molecular flexibility index (Phi) is 5.76. The first-order valence-corrected chi connectivity index (χ1v) is 7.42. The van der Waals surface area contributed by atoms with Gasteiger partial charge in [-0.25, -0.2) is 0 Å². The van der Waals surface area contributed by atoms with Gasteiger partial charge in [-0.3, -0.25) is 4.90 Å². The van der Waals surface area contributed by atoms with Gasteiger partial charge < -0.3 is 0 Å². The van der Waals surface area contributed by atoms with E-state index in [9.17, 15) is 0 Å². The fraction of sp³-hybridized carbons (Fsp3) is 0.500. The van der Waals surface area contributed by atoms with Crippen molar-refractivity contribution in [3.63, 3.8) is 0 Å². The van der Waals surface area contributed by atoms with Crippen molar-refractivity contribution < 1.29 is 0 Å². The Labute approximate surface area is 115 Å². The van der Waals surface area contributed by atoms with E-state index in [1.54, 1.807) is 5.57 Å². The summed E-state index contributed by atoms with van der Waals surface area (Å²) in [6.45, 7) is 3.37. The van der Waals surface area contributed by atoms with Gasteiger partial charge in [0.05, 0.1) is 0 Å². The molecular formula is C16H22ClN. The number of hydrogen-bond donors (Lipinski definition) is 0. The molecule has 1 aromatic rings. The molecule has 2 heteroatoms. The second-order valence-electron chi connectivity index (χ2n) is 4.98. The number of nitrogens with zero attached hydrogens (tertiary/aromatic N) is 1. The van der Waals surface area contributed by atoms with Crippen LogP contribution in [0.3, 0.4) is 0 Å². The van der Waals surface area contributed by atoms with E-state index in [0.29, 0.717) is 0 Å². The monoisotopic (exact) mass is 263 g/mol. The maximum Gasteiger partial charge on any atom is 0.0237 e. The van der Waals surface area contributed by atoms with Gasteiger partial charge >= 0.3 is 0 Å². The molecule has 0 saturated heterocycles. The molecule has 1 aliphatic heterocycles. The van der Waals surface area contributed by atoms with Crippen LogP contribution in [0.4, 0.5) is 0 Å². The molecule has 1 nitrogen and oxygen atoms in total. The predicted octanol–water partition coefficient (Wildman–Crippen LogP) is 4.23. The van der Waals surface area contributed by atoms with Crippen LogP contribution in [-0.2, 0) is 6.54 Å². The highest BCUT2D eigenvalue weighted by Gasteiger charge is 2.11. The Morgan fingerprint density at radius 1 is 1.11 bits per heavy atom. The van der Waals surface area contributed by atoms with Crippen molar-refractivity contribution in [2.45, 2.75) is 32.2 Å². The van der Waals surface area contributed by atoms with Crippen LogP contribution < -0.4 is 0 Å². The van der Waals surface area contributed by atoms with Crippen LogP contribution in [0.15, 0.2) is 42.0 Å². The Morgan fingerprint density at radius 2 is 1.94 bits per heavy atom. The third-order valence-corrected chi connectivity index (χ3v) is 3.79. The maximum atomic E-state index is 5.70. The van der Waals surface area contributed by atoms with E-state index in [1.807, 2.05) is 0 Å². The molecule has 98 valence electrons. The zero-order chi connectivity index (χ0) is 12.6. The summed E-state index contributed by atoms with van der Waals surface area (Å²) in [5.74, 6) is 0.799. The van der Waals surface area contributed by atoms with Crippen molar-refractivity contribution in [3.05, 3.63) is 47.5 Å². The highest BCUT2D eigenvalue weighted by Crippen LogP contribution is 2.18. The highest BCUT2D eigenvalue weighted by molar-refractivity contribution is 6.17. The molecule has 0 amide bonds. The van der Waals surface area contributed by atoms with Crippen LogP contribution in [-0.4, -0.2) is 23.9 Å². The van der Waals surface area contributed by atoms with Gasteiger partial charge in [0.2, 0.25) is 0 Å². The molecule has 0 unspecified atom stereocenters. The van der Waals surface area contributed by atoms with Gasteiger partial charge in [0.25, 0.3) is 0 Å². The van der Waals surface area contributed by atoms with Crippen LogP contribution in [0.25, 0.3) is 0 Å². The highest BCUT2D eigenvalue weighted by atomic mass is 35.5. The third kappa shape index (κ3) is 4.47. The standard InChI is InChI=1S/C16H22ClN/c17-11-5-4-6-15-9-12-18(13-10-15)14-16-7-2-1-3-8-16/h1-3,7-9H,4-6,10-14H2. The van der Waals surface area contributed by atoms with Gasteiger partial charge in [0, 0.05) is 25.5 Å². The lowest BCUT2D eigenvalue weighted by Gasteiger charge is -2.26. The normalized spacial score (nSPS) is 16.6. The number of halogens is 1. The first-order valence-electron chi connectivity index (χ1n) is 6.88. The van der Waals surface area contributed by atoms with Crippen LogP contribution in [0.5, 0.6) is 0 Å². The van der Waals surface area contributed by atoms with Crippen LogP contribution in [0.2, 0.25) is 0 Å². The van der Waals surface area contributed by atoms with Crippen LogP contribution in [0.1, 0.15) is 31.2 Å². The van der Waals surface area contributed by atoms with Gasteiger partial charge in [-0.15, -0.1) is 11.6 Å². The summed E-state index contributed by atoms with van der Waals surface area (Å²) in [6, 6.07) is 10.7. The number of hydrogen-bond acceptors (Lipinski definition) is 1. The van der Waals surface area contributed by atoms with Crippen LogP contribution >= 0.6 is 11.6 Å². The molecule has 0 atom stereocenters. The van der Waals surface area contributed by atoms with Crippen molar-refractivity contribution in [2.24, 2.45) is 0 Å². The van der Waals surface area contributed by atoms with Crippen molar-refractivity contribution in [3.8, 4) is 0 Å². The van der Waals surface area contributed by atoms with E-state index in [2.05, 4.69) is 41.3 Å². The number of unbranched alkanes of at least 4 members (excludes halogenated alkanes) is 1.